The number of benzene rings is 2. The average Bonchev–Trinajstić information content (AvgIpc) is 3.21. The van der Waals surface area contributed by atoms with E-state index in [9.17, 15) is 9.59 Å². The quantitative estimate of drug-likeness (QED) is 0.382. The molecular formula is C26H27N5O3. The molecule has 0 saturated carbocycles. The Morgan fingerprint density at radius 2 is 1.94 bits per heavy atom. The van der Waals surface area contributed by atoms with Crippen molar-refractivity contribution < 1.29 is 14.3 Å². The van der Waals surface area contributed by atoms with E-state index in [-0.39, 0.29) is 6.04 Å². The van der Waals surface area contributed by atoms with Crippen LogP contribution >= 0.6 is 0 Å². The van der Waals surface area contributed by atoms with E-state index >= 15 is 0 Å². The third-order valence-electron chi connectivity index (χ3n) is 5.66. The Kier molecular flexibility index (Phi) is 6.06. The molecule has 0 bridgehead atoms. The Hall–Kier alpha value is -4.20. The Bertz CT molecular complexity index is 1380. The van der Waals surface area contributed by atoms with Gasteiger partial charge in [0.1, 0.15) is 17.4 Å². The van der Waals surface area contributed by atoms with Gasteiger partial charge in [-0.1, -0.05) is 24.3 Å². The Balaban J connectivity index is 1.59. The van der Waals surface area contributed by atoms with Gasteiger partial charge in [-0.05, 0) is 57.5 Å². The van der Waals surface area contributed by atoms with E-state index < -0.39 is 11.5 Å². The van der Waals surface area contributed by atoms with E-state index in [4.69, 9.17) is 10.5 Å². The summed E-state index contributed by atoms with van der Waals surface area (Å²) in [5, 5.41) is 4.40. The number of hydrogen-bond acceptors (Lipinski definition) is 6. The van der Waals surface area contributed by atoms with Gasteiger partial charge < -0.3 is 15.8 Å². The van der Waals surface area contributed by atoms with Crippen molar-refractivity contribution in [2.45, 2.75) is 39.3 Å². The molecule has 3 N–H and O–H groups in total. The maximum atomic E-state index is 11.6. The van der Waals surface area contributed by atoms with E-state index in [1.165, 1.54) is 0 Å². The van der Waals surface area contributed by atoms with Crippen LogP contribution in [-0.4, -0.2) is 32.5 Å². The number of nitrogens with one attached hydrogen (secondary N) is 1. The molecule has 2 heterocycles. The van der Waals surface area contributed by atoms with Crippen molar-refractivity contribution >= 4 is 29.0 Å². The number of carbonyl (C=O) groups excluding carboxylic acids is 2. The monoisotopic (exact) mass is 457 g/mol. The van der Waals surface area contributed by atoms with Gasteiger partial charge in [-0.2, -0.15) is 0 Å². The highest BCUT2D eigenvalue weighted by Crippen LogP contribution is 2.28. The molecule has 1 atom stereocenters. The molecule has 0 aliphatic rings. The highest BCUT2D eigenvalue weighted by Gasteiger charge is 2.27. The second-order valence-electron chi connectivity index (χ2n) is 8.70. The molecule has 0 aliphatic carbocycles. The first kappa shape index (κ1) is 23.0. The zero-order chi connectivity index (χ0) is 24.5. The molecule has 0 radical (unpaired) electrons. The van der Waals surface area contributed by atoms with Crippen LogP contribution in [0.2, 0.25) is 0 Å². The van der Waals surface area contributed by atoms with Crippen LogP contribution in [0.15, 0.2) is 60.8 Å². The summed E-state index contributed by atoms with van der Waals surface area (Å²) in [7, 11) is 0. The van der Waals surface area contributed by atoms with Gasteiger partial charge in [0.05, 0.1) is 17.3 Å². The molecule has 8 heteroatoms. The maximum Gasteiger partial charge on any atom is 0.261 e. The van der Waals surface area contributed by atoms with Gasteiger partial charge in [0.25, 0.3) is 5.91 Å². The normalized spacial score (nSPS) is 12.4. The minimum Gasteiger partial charge on any atom is -0.478 e. The fraction of sp³-hybridized carbons (Fsp3) is 0.231. The molecule has 174 valence electrons. The number of anilines is 1. The van der Waals surface area contributed by atoms with Gasteiger partial charge in [-0.25, -0.2) is 9.97 Å². The van der Waals surface area contributed by atoms with Crippen LogP contribution < -0.4 is 15.8 Å². The summed E-state index contributed by atoms with van der Waals surface area (Å²) in [6.07, 6.45) is 2.53. The molecule has 4 rings (SSSR count). The molecule has 4 aromatic rings. The zero-order valence-electron chi connectivity index (χ0n) is 19.6. The number of carbonyl (C=O) groups is 2. The number of aryl methyl sites for hydroxylation is 1. The summed E-state index contributed by atoms with van der Waals surface area (Å²) in [6, 6.07) is 17.1. The van der Waals surface area contributed by atoms with Gasteiger partial charge in [0.15, 0.2) is 5.60 Å². The van der Waals surface area contributed by atoms with Gasteiger partial charge in [-0.15, -0.1) is 0 Å². The first-order valence-corrected chi connectivity index (χ1v) is 10.9. The average molecular weight is 458 g/mol. The Morgan fingerprint density at radius 3 is 2.68 bits per heavy atom. The van der Waals surface area contributed by atoms with Crippen molar-refractivity contribution in [3.8, 4) is 17.0 Å². The summed E-state index contributed by atoms with van der Waals surface area (Å²) in [5.41, 5.74) is 7.74. The molecular weight excluding hydrogens is 430 g/mol. The molecule has 1 unspecified atom stereocenters. The zero-order valence-corrected chi connectivity index (χ0v) is 19.6. The standard InChI is InChI=1S/C26H27N5O3/c1-16(19-6-5-7-21(12-19)34-26(3,4)25(27)33)28-24-14-22(29-17(2)30-24)20-9-8-18-10-11-31(15-32)23(18)13-20/h5-16H,1-4H3,(H2,27,33)(H,28,29,30). The van der Waals surface area contributed by atoms with Gasteiger partial charge in [0.2, 0.25) is 6.41 Å². The SMILES string of the molecule is Cc1nc(NC(C)c2cccc(OC(C)(C)C(N)=O)c2)cc(-c2ccc3ccn(C=O)c3c2)n1. The molecule has 2 aromatic carbocycles. The van der Waals surface area contributed by atoms with Crippen LogP contribution in [-0.2, 0) is 9.59 Å². The van der Waals surface area contributed by atoms with Crippen molar-refractivity contribution in [1.82, 2.24) is 14.5 Å². The van der Waals surface area contributed by atoms with E-state index in [1.807, 2.05) is 62.4 Å². The van der Waals surface area contributed by atoms with E-state index in [0.29, 0.717) is 17.4 Å². The summed E-state index contributed by atoms with van der Waals surface area (Å²) in [4.78, 5) is 32.1. The molecule has 0 saturated heterocycles. The summed E-state index contributed by atoms with van der Waals surface area (Å²) in [5.74, 6) is 1.32. The molecule has 1 amide bonds. The fourth-order valence-electron chi connectivity index (χ4n) is 3.69. The smallest absolute Gasteiger partial charge is 0.261 e. The number of amides is 1. The predicted molar refractivity (Wildman–Crippen MR) is 132 cm³/mol. The predicted octanol–water partition coefficient (Wildman–Crippen LogP) is 4.26. The number of primary amides is 1. The lowest BCUT2D eigenvalue weighted by Crippen LogP contribution is -2.43. The largest absolute Gasteiger partial charge is 0.478 e. The maximum absolute atomic E-state index is 11.6. The molecule has 2 aromatic heterocycles. The third kappa shape index (κ3) is 4.76. The van der Waals surface area contributed by atoms with Crippen LogP contribution in [0.25, 0.3) is 22.2 Å². The van der Waals surface area contributed by atoms with Crippen molar-refractivity contribution in [2.75, 3.05) is 5.32 Å². The minimum atomic E-state index is -1.11. The Morgan fingerprint density at radius 1 is 1.15 bits per heavy atom. The number of fused-ring (bicyclic) bond motifs is 1. The van der Waals surface area contributed by atoms with E-state index in [2.05, 4.69) is 15.3 Å². The third-order valence-corrected chi connectivity index (χ3v) is 5.66. The minimum absolute atomic E-state index is 0.0998. The van der Waals surface area contributed by atoms with Crippen molar-refractivity contribution in [3.05, 3.63) is 72.2 Å². The molecule has 0 aliphatic heterocycles. The van der Waals surface area contributed by atoms with Crippen molar-refractivity contribution in [2.24, 2.45) is 5.73 Å². The number of nitrogens with two attached hydrogens (primary N) is 1. The van der Waals surface area contributed by atoms with E-state index in [0.717, 1.165) is 34.1 Å². The van der Waals surface area contributed by atoms with Crippen molar-refractivity contribution in [3.63, 3.8) is 0 Å². The number of aromatic nitrogens is 3. The molecule has 34 heavy (non-hydrogen) atoms. The highest BCUT2D eigenvalue weighted by molar-refractivity contribution is 5.89. The van der Waals surface area contributed by atoms with Crippen LogP contribution in [0.1, 0.15) is 38.2 Å². The fourth-order valence-corrected chi connectivity index (χ4v) is 3.69. The summed E-state index contributed by atoms with van der Waals surface area (Å²) < 4.78 is 7.34. The lowest BCUT2D eigenvalue weighted by atomic mass is 10.1. The number of nitrogens with zero attached hydrogens (tertiary/aromatic N) is 3. The molecule has 8 nitrogen and oxygen atoms in total. The topological polar surface area (TPSA) is 112 Å². The number of rotatable bonds is 8. The van der Waals surface area contributed by atoms with Crippen LogP contribution in [0, 0.1) is 6.92 Å². The van der Waals surface area contributed by atoms with Crippen LogP contribution in [0.4, 0.5) is 5.82 Å². The van der Waals surface area contributed by atoms with Crippen molar-refractivity contribution in [1.29, 1.82) is 0 Å². The van der Waals surface area contributed by atoms with Gasteiger partial charge >= 0.3 is 0 Å². The van der Waals surface area contributed by atoms with Gasteiger partial charge in [-0.3, -0.25) is 14.2 Å². The van der Waals surface area contributed by atoms with E-state index in [1.54, 1.807) is 30.7 Å². The summed E-state index contributed by atoms with van der Waals surface area (Å²) >= 11 is 0. The second kappa shape index (κ2) is 8.97. The number of hydrogen-bond donors (Lipinski definition) is 2. The second-order valence-corrected chi connectivity index (χ2v) is 8.70. The number of ether oxygens (including phenoxy) is 1. The van der Waals surface area contributed by atoms with Gasteiger partial charge in [0, 0.05) is 23.2 Å². The lowest BCUT2D eigenvalue weighted by molar-refractivity contribution is -0.130. The lowest BCUT2D eigenvalue weighted by Gasteiger charge is -2.23. The summed E-state index contributed by atoms with van der Waals surface area (Å²) in [6.45, 7) is 7.13. The highest BCUT2D eigenvalue weighted by atomic mass is 16.5. The molecule has 0 fully saturated rings. The molecule has 0 spiro atoms. The van der Waals surface area contributed by atoms with Crippen LogP contribution in [0.5, 0.6) is 5.75 Å². The first-order valence-electron chi connectivity index (χ1n) is 10.9. The Labute approximate surface area is 197 Å². The first-order chi connectivity index (χ1) is 16.2. The van der Waals surface area contributed by atoms with Crippen LogP contribution in [0.3, 0.4) is 0 Å².